The van der Waals surface area contributed by atoms with E-state index < -0.39 is 10.0 Å². The lowest BCUT2D eigenvalue weighted by Gasteiger charge is -2.10. The van der Waals surface area contributed by atoms with Gasteiger partial charge < -0.3 is 5.32 Å². The highest BCUT2D eigenvalue weighted by Gasteiger charge is 2.16. The van der Waals surface area contributed by atoms with Gasteiger partial charge in [0.15, 0.2) is 0 Å². The highest BCUT2D eigenvalue weighted by atomic mass is 35.5. The van der Waals surface area contributed by atoms with E-state index in [9.17, 15) is 13.2 Å². The molecule has 2 rings (SSSR count). The lowest BCUT2D eigenvalue weighted by molar-refractivity contribution is 0.0949. The molecule has 26 heavy (non-hydrogen) atoms. The van der Waals surface area contributed by atoms with Gasteiger partial charge in [0.25, 0.3) is 5.91 Å². The zero-order chi connectivity index (χ0) is 19.2. The quantitative estimate of drug-likeness (QED) is 0.721. The normalized spacial score (nSPS) is 11.5. The molecule has 0 aliphatic rings. The minimum absolute atomic E-state index is 0.0748. The van der Waals surface area contributed by atoms with Crippen LogP contribution in [0.5, 0.6) is 0 Å². The highest BCUT2D eigenvalue weighted by molar-refractivity contribution is 7.89. The standard InChI is InChI=1S/C19H23ClN2O3S/c1-14(2)13-21-19(23)16-4-3-5-18(12-16)26(24,25)22-11-10-15-6-8-17(20)9-7-15/h3-9,12,14,22H,10-11,13H2,1-2H3,(H,21,23). The van der Waals surface area contributed by atoms with Gasteiger partial charge >= 0.3 is 0 Å². The van der Waals surface area contributed by atoms with Gasteiger partial charge in [-0.05, 0) is 48.2 Å². The number of carbonyl (C=O) groups excluding carboxylic acids is 1. The van der Waals surface area contributed by atoms with Gasteiger partial charge in [-0.1, -0.05) is 43.6 Å². The van der Waals surface area contributed by atoms with E-state index in [2.05, 4.69) is 10.0 Å². The number of nitrogens with one attached hydrogen (secondary N) is 2. The van der Waals surface area contributed by atoms with Crippen molar-refractivity contribution in [3.05, 3.63) is 64.7 Å². The van der Waals surface area contributed by atoms with E-state index in [1.807, 2.05) is 26.0 Å². The summed E-state index contributed by atoms with van der Waals surface area (Å²) < 4.78 is 27.5. The first-order chi connectivity index (χ1) is 12.3. The molecule has 0 saturated heterocycles. The van der Waals surface area contributed by atoms with Crippen molar-refractivity contribution < 1.29 is 13.2 Å². The van der Waals surface area contributed by atoms with E-state index in [4.69, 9.17) is 11.6 Å². The van der Waals surface area contributed by atoms with Crippen LogP contribution in [0.15, 0.2) is 53.4 Å². The largest absolute Gasteiger partial charge is 0.352 e. The fourth-order valence-electron chi connectivity index (χ4n) is 2.27. The molecule has 0 heterocycles. The maximum absolute atomic E-state index is 12.5. The van der Waals surface area contributed by atoms with Crippen molar-refractivity contribution in [3.8, 4) is 0 Å². The lowest BCUT2D eigenvalue weighted by atomic mass is 10.2. The molecular formula is C19H23ClN2O3S. The zero-order valence-electron chi connectivity index (χ0n) is 14.8. The van der Waals surface area contributed by atoms with Crippen LogP contribution >= 0.6 is 11.6 Å². The molecule has 0 radical (unpaired) electrons. The van der Waals surface area contributed by atoms with Gasteiger partial charge in [-0.3, -0.25) is 4.79 Å². The number of amides is 1. The van der Waals surface area contributed by atoms with E-state index in [1.165, 1.54) is 12.1 Å². The summed E-state index contributed by atoms with van der Waals surface area (Å²) in [6.07, 6.45) is 0.547. The van der Waals surface area contributed by atoms with Crippen LogP contribution in [0.25, 0.3) is 0 Å². The Morgan fingerprint density at radius 3 is 2.46 bits per heavy atom. The number of hydrogen-bond acceptors (Lipinski definition) is 3. The molecule has 0 unspecified atom stereocenters. The summed E-state index contributed by atoms with van der Waals surface area (Å²) in [6, 6.07) is 13.3. The number of halogens is 1. The molecule has 0 aliphatic carbocycles. The summed E-state index contributed by atoms with van der Waals surface area (Å²) in [6.45, 7) is 4.78. The topological polar surface area (TPSA) is 75.3 Å². The predicted molar refractivity (Wildman–Crippen MR) is 104 cm³/mol. The monoisotopic (exact) mass is 394 g/mol. The Morgan fingerprint density at radius 2 is 1.81 bits per heavy atom. The first-order valence-corrected chi connectivity index (χ1v) is 10.3. The summed E-state index contributed by atoms with van der Waals surface area (Å²) in [5, 5.41) is 3.42. The molecule has 140 valence electrons. The maximum Gasteiger partial charge on any atom is 0.251 e. The van der Waals surface area contributed by atoms with Crippen LogP contribution in [-0.4, -0.2) is 27.4 Å². The van der Waals surface area contributed by atoms with Gasteiger partial charge in [0.1, 0.15) is 0 Å². The van der Waals surface area contributed by atoms with Crippen LogP contribution in [-0.2, 0) is 16.4 Å². The Bertz CT molecular complexity index is 849. The molecule has 0 aromatic heterocycles. The summed E-state index contributed by atoms with van der Waals surface area (Å²) in [5.74, 6) is 0.0392. The third-order valence-electron chi connectivity index (χ3n) is 3.70. The molecule has 7 heteroatoms. The maximum atomic E-state index is 12.5. The number of benzene rings is 2. The molecular weight excluding hydrogens is 372 g/mol. The number of sulfonamides is 1. The highest BCUT2D eigenvalue weighted by Crippen LogP contribution is 2.13. The summed E-state index contributed by atoms with van der Waals surface area (Å²) >= 11 is 5.83. The first-order valence-electron chi connectivity index (χ1n) is 8.40. The van der Waals surface area contributed by atoms with E-state index in [0.29, 0.717) is 29.5 Å². The van der Waals surface area contributed by atoms with Gasteiger partial charge in [-0.15, -0.1) is 0 Å². The number of hydrogen-bond donors (Lipinski definition) is 2. The van der Waals surface area contributed by atoms with E-state index in [0.717, 1.165) is 5.56 Å². The number of rotatable bonds is 8. The SMILES string of the molecule is CC(C)CNC(=O)c1cccc(S(=O)(=O)NCCc2ccc(Cl)cc2)c1. The van der Waals surface area contributed by atoms with Crippen molar-refractivity contribution in [2.24, 2.45) is 5.92 Å². The molecule has 2 aromatic rings. The Hall–Kier alpha value is -1.89. The molecule has 2 N–H and O–H groups in total. The molecule has 0 atom stereocenters. The molecule has 0 spiro atoms. The minimum Gasteiger partial charge on any atom is -0.352 e. The summed E-state index contributed by atoms with van der Waals surface area (Å²) in [7, 11) is -3.68. The van der Waals surface area contributed by atoms with Crippen molar-refractivity contribution in [1.82, 2.24) is 10.0 Å². The van der Waals surface area contributed by atoms with Gasteiger partial charge in [-0.25, -0.2) is 13.1 Å². The predicted octanol–water partition coefficient (Wildman–Crippen LogP) is 3.25. The van der Waals surface area contributed by atoms with Gasteiger partial charge in [0.05, 0.1) is 4.90 Å². The van der Waals surface area contributed by atoms with E-state index in [-0.39, 0.29) is 17.3 Å². The lowest BCUT2D eigenvalue weighted by Crippen LogP contribution is -2.28. The second-order valence-corrected chi connectivity index (χ2v) is 8.61. The van der Waals surface area contributed by atoms with E-state index >= 15 is 0 Å². The second-order valence-electron chi connectivity index (χ2n) is 6.41. The molecule has 0 fully saturated rings. The van der Waals surface area contributed by atoms with Crippen LogP contribution in [0.4, 0.5) is 0 Å². The molecule has 0 saturated carbocycles. The third-order valence-corrected chi connectivity index (χ3v) is 5.41. The van der Waals surface area contributed by atoms with Crippen molar-refractivity contribution >= 4 is 27.5 Å². The Labute approximate surface area is 159 Å². The summed E-state index contributed by atoms with van der Waals surface area (Å²) in [5.41, 5.74) is 1.31. The smallest absolute Gasteiger partial charge is 0.251 e. The number of carbonyl (C=O) groups is 1. The van der Waals surface area contributed by atoms with Gasteiger partial charge in [0, 0.05) is 23.7 Å². The average molecular weight is 395 g/mol. The first kappa shape index (κ1) is 20.4. The minimum atomic E-state index is -3.68. The van der Waals surface area contributed by atoms with E-state index in [1.54, 1.807) is 24.3 Å². The summed E-state index contributed by atoms with van der Waals surface area (Å²) in [4.78, 5) is 12.2. The Kier molecular flexibility index (Phi) is 7.20. The average Bonchev–Trinajstić information content (AvgIpc) is 2.61. The van der Waals surface area contributed by atoms with Gasteiger partial charge in [-0.2, -0.15) is 0 Å². The fraction of sp³-hybridized carbons (Fsp3) is 0.316. The fourth-order valence-corrected chi connectivity index (χ4v) is 3.47. The van der Waals surface area contributed by atoms with Crippen LogP contribution in [0.1, 0.15) is 29.8 Å². The Balaban J connectivity index is 2.00. The van der Waals surface area contributed by atoms with Crippen LogP contribution < -0.4 is 10.0 Å². The molecule has 2 aromatic carbocycles. The van der Waals surface area contributed by atoms with Crippen molar-refractivity contribution in [1.29, 1.82) is 0 Å². The van der Waals surface area contributed by atoms with Crippen LogP contribution in [0.2, 0.25) is 5.02 Å². The van der Waals surface area contributed by atoms with Crippen molar-refractivity contribution in [2.45, 2.75) is 25.2 Å². The van der Waals surface area contributed by atoms with Crippen molar-refractivity contribution in [3.63, 3.8) is 0 Å². The van der Waals surface area contributed by atoms with Crippen molar-refractivity contribution in [2.75, 3.05) is 13.1 Å². The Morgan fingerprint density at radius 1 is 1.12 bits per heavy atom. The molecule has 0 aliphatic heterocycles. The second kappa shape index (κ2) is 9.16. The molecule has 5 nitrogen and oxygen atoms in total. The molecule has 0 bridgehead atoms. The zero-order valence-corrected chi connectivity index (χ0v) is 16.4. The van der Waals surface area contributed by atoms with Crippen LogP contribution in [0.3, 0.4) is 0 Å². The van der Waals surface area contributed by atoms with Crippen LogP contribution in [0, 0.1) is 5.92 Å². The molecule has 1 amide bonds. The third kappa shape index (κ3) is 6.12. The van der Waals surface area contributed by atoms with Gasteiger partial charge in [0.2, 0.25) is 10.0 Å².